The van der Waals surface area contributed by atoms with Crippen molar-refractivity contribution in [3.05, 3.63) is 41.7 Å². The number of primary amides is 1. The number of hydrogen-bond acceptors (Lipinski definition) is 7. The Kier molecular flexibility index (Phi) is 5.56. The number of rotatable bonds is 8. The quantitative estimate of drug-likeness (QED) is 0.447. The molecule has 0 saturated carbocycles. The molecule has 6 N–H and O–H groups in total. The number of nitrogens with one attached hydrogen (secondary N) is 2. The van der Waals surface area contributed by atoms with E-state index in [4.69, 9.17) is 16.2 Å². The van der Waals surface area contributed by atoms with Crippen LogP contribution in [0.3, 0.4) is 0 Å². The lowest BCUT2D eigenvalue weighted by Crippen LogP contribution is -2.40. The van der Waals surface area contributed by atoms with Crippen LogP contribution in [0, 0.1) is 0 Å². The molecule has 9 heteroatoms. The zero-order valence-electron chi connectivity index (χ0n) is 17.2. The van der Waals surface area contributed by atoms with E-state index in [0.717, 1.165) is 24.0 Å². The van der Waals surface area contributed by atoms with E-state index in [-0.39, 0.29) is 17.7 Å². The van der Waals surface area contributed by atoms with E-state index in [1.54, 1.807) is 7.11 Å². The molecule has 9 nitrogen and oxygen atoms in total. The Morgan fingerprint density at radius 1 is 1.40 bits per heavy atom. The van der Waals surface area contributed by atoms with Crippen molar-refractivity contribution < 1.29 is 9.53 Å². The summed E-state index contributed by atoms with van der Waals surface area (Å²) >= 11 is 0. The SMILES string of the molecule is CO[C@H](C)[C@H](N)CNc1ncc(C(N)=O)c(Nc2cccc3c2cc2n3CCC2)n1. The molecule has 3 aromatic rings. The highest BCUT2D eigenvalue weighted by Gasteiger charge is 2.19. The van der Waals surface area contributed by atoms with E-state index in [0.29, 0.717) is 18.3 Å². The second-order valence-electron chi connectivity index (χ2n) is 7.56. The van der Waals surface area contributed by atoms with Crippen LogP contribution >= 0.6 is 0 Å². The summed E-state index contributed by atoms with van der Waals surface area (Å²) in [5, 5.41) is 7.47. The van der Waals surface area contributed by atoms with Gasteiger partial charge in [-0.3, -0.25) is 4.79 Å². The van der Waals surface area contributed by atoms with Crippen LogP contribution < -0.4 is 22.1 Å². The number of benzene rings is 1. The van der Waals surface area contributed by atoms with Crippen LogP contribution in [0.15, 0.2) is 30.5 Å². The molecule has 1 amide bonds. The van der Waals surface area contributed by atoms with Gasteiger partial charge in [0.2, 0.25) is 5.95 Å². The highest BCUT2D eigenvalue weighted by Crippen LogP contribution is 2.32. The number of aromatic nitrogens is 3. The summed E-state index contributed by atoms with van der Waals surface area (Å²) in [6.07, 6.45) is 3.54. The Morgan fingerprint density at radius 3 is 3.00 bits per heavy atom. The van der Waals surface area contributed by atoms with Crippen molar-refractivity contribution in [3.8, 4) is 0 Å². The monoisotopic (exact) mass is 409 g/mol. The number of fused-ring (bicyclic) bond motifs is 3. The smallest absolute Gasteiger partial charge is 0.254 e. The van der Waals surface area contributed by atoms with E-state index in [1.807, 2.05) is 19.1 Å². The number of hydrogen-bond donors (Lipinski definition) is 4. The molecule has 0 saturated heterocycles. The van der Waals surface area contributed by atoms with Crippen LogP contribution in [0.4, 0.5) is 17.5 Å². The number of nitrogens with two attached hydrogens (primary N) is 2. The summed E-state index contributed by atoms with van der Waals surface area (Å²) in [6, 6.07) is 8.03. The first-order valence-electron chi connectivity index (χ1n) is 10.0. The standard InChI is InChI=1S/C21H27N7O2/c1-12(30-2)16(22)11-25-21-24-10-15(19(23)29)20(27-21)26-17-6-3-7-18-14(17)9-13-5-4-8-28(13)18/h3,6-7,9-10,12,16H,4-5,8,11,22H2,1-2H3,(H2,23,29)(H2,24,25,26,27)/t12-,16-/m1/s1. The van der Waals surface area contributed by atoms with Gasteiger partial charge in [0.25, 0.3) is 5.91 Å². The second-order valence-corrected chi connectivity index (χ2v) is 7.56. The first kappa shape index (κ1) is 20.1. The normalized spacial score (nSPS) is 15.0. The van der Waals surface area contributed by atoms with Crippen molar-refractivity contribution in [2.24, 2.45) is 11.5 Å². The lowest BCUT2D eigenvalue weighted by atomic mass is 10.1. The summed E-state index contributed by atoms with van der Waals surface area (Å²) in [4.78, 5) is 20.6. The molecule has 4 rings (SSSR count). The van der Waals surface area contributed by atoms with Crippen LogP contribution in [-0.2, 0) is 17.7 Å². The van der Waals surface area contributed by atoms with Gasteiger partial charge in [-0.05, 0) is 38.0 Å². The fourth-order valence-electron chi connectivity index (χ4n) is 3.76. The lowest BCUT2D eigenvalue weighted by molar-refractivity contribution is 0.0989. The minimum Gasteiger partial charge on any atom is -0.380 e. The molecule has 0 unspecified atom stereocenters. The fraction of sp³-hybridized carbons (Fsp3) is 0.381. The largest absolute Gasteiger partial charge is 0.380 e. The van der Waals surface area contributed by atoms with Crippen LogP contribution in [0.1, 0.15) is 29.4 Å². The predicted octanol–water partition coefficient (Wildman–Crippen LogP) is 1.99. The predicted molar refractivity (Wildman–Crippen MR) is 117 cm³/mol. The number of carbonyl (C=O) groups excluding carboxylic acids is 1. The fourth-order valence-corrected chi connectivity index (χ4v) is 3.76. The van der Waals surface area contributed by atoms with E-state index in [1.165, 1.54) is 23.8 Å². The Balaban J connectivity index is 1.63. The van der Waals surface area contributed by atoms with E-state index >= 15 is 0 Å². The number of anilines is 3. The molecule has 0 spiro atoms. The van der Waals surface area contributed by atoms with Crippen LogP contribution in [-0.4, -0.2) is 46.2 Å². The van der Waals surface area contributed by atoms with Gasteiger partial charge in [-0.25, -0.2) is 4.98 Å². The molecule has 1 aliphatic heterocycles. The number of amides is 1. The van der Waals surface area contributed by atoms with Crippen LogP contribution in [0.5, 0.6) is 0 Å². The van der Waals surface area contributed by atoms with Gasteiger partial charge in [-0.15, -0.1) is 0 Å². The van der Waals surface area contributed by atoms with Gasteiger partial charge in [-0.1, -0.05) is 6.07 Å². The highest BCUT2D eigenvalue weighted by atomic mass is 16.5. The third kappa shape index (κ3) is 3.81. The van der Waals surface area contributed by atoms with Crippen molar-refractivity contribution >= 4 is 34.3 Å². The average molecular weight is 409 g/mol. The molecule has 158 valence electrons. The molecule has 0 aliphatic carbocycles. The molecule has 0 radical (unpaired) electrons. The second kappa shape index (κ2) is 8.29. The summed E-state index contributed by atoms with van der Waals surface area (Å²) in [6.45, 7) is 3.34. The zero-order chi connectivity index (χ0) is 21.3. The van der Waals surface area contributed by atoms with E-state index < -0.39 is 5.91 Å². The maximum Gasteiger partial charge on any atom is 0.254 e. The Hall–Kier alpha value is -3.17. The Labute approximate surface area is 174 Å². The molecule has 1 aromatic carbocycles. The highest BCUT2D eigenvalue weighted by molar-refractivity contribution is 6.00. The Bertz CT molecular complexity index is 1080. The topological polar surface area (TPSA) is 133 Å². The van der Waals surface area contributed by atoms with E-state index in [9.17, 15) is 4.79 Å². The minimum atomic E-state index is -0.597. The van der Waals surface area contributed by atoms with Gasteiger partial charge >= 0.3 is 0 Å². The van der Waals surface area contributed by atoms with Gasteiger partial charge in [0.15, 0.2) is 0 Å². The lowest BCUT2D eigenvalue weighted by Gasteiger charge is -2.19. The molecule has 0 fully saturated rings. The maximum atomic E-state index is 11.9. The molecule has 30 heavy (non-hydrogen) atoms. The molecule has 2 atom stereocenters. The molecule has 3 heterocycles. The van der Waals surface area contributed by atoms with Gasteiger partial charge in [0.1, 0.15) is 11.4 Å². The van der Waals surface area contributed by atoms with Crippen molar-refractivity contribution in [2.75, 3.05) is 24.3 Å². The Morgan fingerprint density at radius 2 is 2.23 bits per heavy atom. The van der Waals surface area contributed by atoms with Crippen molar-refractivity contribution in [2.45, 2.75) is 38.5 Å². The molecular weight excluding hydrogens is 382 g/mol. The number of nitrogens with zero attached hydrogens (tertiary/aromatic N) is 3. The van der Waals surface area contributed by atoms with Crippen molar-refractivity contribution in [1.82, 2.24) is 14.5 Å². The van der Waals surface area contributed by atoms with Gasteiger partial charge in [0, 0.05) is 49.2 Å². The van der Waals surface area contributed by atoms with Gasteiger partial charge < -0.3 is 31.4 Å². The first-order chi connectivity index (χ1) is 14.5. The summed E-state index contributed by atoms with van der Waals surface area (Å²) < 4.78 is 7.57. The summed E-state index contributed by atoms with van der Waals surface area (Å²) in [5.41, 5.74) is 15.2. The third-order valence-corrected chi connectivity index (χ3v) is 5.62. The van der Waals surface area contributed by atoms with Crippen molar-refractivity contribution in [1.29, 1.82) is 0 Å². The first-order valence-corrected chi connectivity index (χ1v) is 10.0. The molecule has 0 bridgehead atoms. The third-order valence-electron chi connectivity index (χ3n) is 5.62. The molecule has 1 aliphatic rings. The number of carbonyl (C=O) groups is 1. The van der Waals surface area contributed by atoms with Crippen LogP contribution in [0.25, 0.3) is 10.9 Å². The molecule has 2 aromatic heterocycles. The average Bonchev–Trinajstić information content (AvgIpc) is 3.33. The van der Waals surface area contributed by atoms with Crippen molar-refractivity contribution in [3.63, 3.8) is 0 Å². The van der Waals surface area contributed by atoms with Gasteiger partial charge in [-0.2, -0.15) is 4.98 Å². The van der Waals surface area contributed by atoms with E-state index in [2.05, 4.69) is 37.3 Å². The zero-order valence-corrected chi connectivity index (χ0v) is 17.2. The van der Waals surface area contributed by atoms with Crippen LogP contribution in [0.2, 0.25) is 0 Å². The molecular formula is C21H27N7O2. The number of aryl methyl sites for hydroxylation is 2. The summed E-state index contributed by atoms with van der Waals surface area (Å²) in [7, 11) is 1.61. The van der Waals surface area contributed by atoms with Gasteiger partial charge in [0.05, 0.1) is 11.6 Å². The number of methoxy groups -OCH3 is 1. The number of ether oxygens (including phenoxy) is 1. The summed E-state index contributed by atoms with van der Waals surface area (Å²) in [5.74, 6) is 0.111. The maximum absolute atomic E-state index is 11.9. The minimum absolute atomic E-state index is 0.116.